The summed E-state index contributed by atoms with van der Waals surface area (Å²) in [4.78, 5) is 26.3. The van der Waals surface area contributed by atoms with Crippen molar-refractivity contribution in [1.82, 2.24) is 5.32 Å². The van der Waals surface area contributed by atoms with Gasteiger partial charge in [-0.05, 0) is 37.5 Å². The number of imide groups is 1. The Balaban J connectivity index is 1.80. The molecule has 21 heavy (non-hydrogen) atoms. The number of carbonyl (C=O) groups excluding carboxylic acids is 2. The van der Waals surface area contributed by atoms with Gasteiger partial charge in [0.1, 0.15) is 5.82 Å². The van der Waals surface area contributed by atoms with E-state index in [2.05, 4.69) is 5.32 Å². The molecule has 1 aromatic carbocycles. The molecular formula is C15H18FN3O2. The van der Waals surface area contributed by atoms with Crippen LogP contribution in [-0.2, 0) is 4.79 Å². The van der Waals surface area contributed by atoms with Crippen molar-refractivity contribution in [3.8, 4) is 0 Å². The monoisotopic (exact) mass is 291 g/mol. The Hall–Kier alpha value is -2.11. The second kappa shape index (κ2) is 5.71. The Morgan fingerprint density at radius 1 is 1.05 bits per heavy atom. The highest BCUT2D eigenvalue weighted by Crippen LogP contribution is 2.28. The van der Waals surface area contributed by atoms with Gasteiger partial charge >= 0.3 is 6.03 Å². The van der Waals surface area contributed by atoms with Crippen molar-refractivity contribution in [2.24, 2.45) is 0 Å². The van der Waals surface area contributed by atoms with Crippen molar-refractivity contribution in [3.05, 3.63) is 24.0 Å². The first-order chi connectivity index (χ1) is 10.1. The standard InChI is InChI=1S/C15H18FN3O2/c16-12-10-11(19-9-6-14(20)17-15(19)21)4-5-13(12)18-7-2-1-3-8-18/h4-5,10H,1-3,6-9H2,(H,17,20,21). The van der Waals surface area contributed by atoms with Crippen LogP contribution in [0.5, 0.6) is 0 Å². The first kappa shape index (κ1) is 13.9. The lowest BCUT2D eigenvalue weighted by atomic mass is 10.1. The molecule has 0 radical (unpaired) electrons. The Morgan fingerprint density at radius 2 is 1.81 bits per heavy atom. The van der Waals surface area contributed by atoms with Crippen molar-refractivity contribution in [1.29, 1.82) is 0 Å². The Kier molecular flexibility index (Phi) is 3.77. The minimum atomic E-state index is -0.489. The Bertz CT molecular complexity index is 570. The number of hydrogen-bond acceptors (Lipinski definition) is 3. The van der Waals surface area contributed by atoms with E-state index in [1.54, 1.807) is 12.1 Å². The molecule has 0 unspecified atom stereocenters. The van der Waals surface area contributed by atoms with Crippen LogP contribution in [0.15, 0.2) is 18.2 Å². The molecule has 2 fully saturated rings. The van der Waals surface area contributed by atoms with E-state index in [0.29, 0.717) is 11.4 Å². The molecular weight excluding hydrogens is 273 g/mol. The zero-order chi connectivity index (χ0) is 14.8. The van der Waals surface area contributed by atoms with Gasteiger partial charge in [0.2, 0.25) is 5.91 Å². The van der Waals surface area contributed by atoms with Gasteiger partial charge in [0.25, 0.3) is 0 Å². The van der Waals surface area contributed by atoms with Crippen molar-refractivity contribution < 1.29 is 14.0 Å². The molecule has 5 nitrogen and oxygen atoms in total. The van der Waals surface area contributed by atoms with E-state index in [4.69, 9.17) is 0 Å². The average molecular weight is 291 g/mol. The number of halogens is 1. The minimum Gasteiger partial charge on any atom is -0.369 e. The van der Waals surface area contributed by atoms with Gasteiger partial charge in [-0.2, -0.15) is 0 Å². The summed E-state index contributed by atoms with van der Waals surface area (Å²) < 4.78 is 14.3. The van der Waals surface area contributed by atoms with Gasteiger partial charge in [-0.1, -0.05) is 0 Å². The molecule has 2 aliphatic heterocycles. The number of nitrogens with zero attached hydrogens (tertiary/aromatic N) is 2. The number of rotatable bonds is 2. The molecule has 0 aromatic heterocycles. The number of piperidine rings is 1. The molecule has 2 aliphatic rings. The lowest BCUT2D eigenvalue weighted by Gasteiger charge is -2.30. The van der Waals surface area contributed by atoms with Crippen molar-refractivity contribution in [2.45, 2.75) is 25.7 Å². The quantitative estimate of drug-likeness (QED) is 0.909. The molecule has 2 heterocycles. The highest BCUT2D eigenvalue weighted by molar-refractivity contribution is 6.05. The van der Waals surface area contributed by atoms with Crippen LogP contribution in [0.25, 0.3) is 0 Å². The van der Waals surface area contributed by atoms with Gasteiger partial charge in [-0.3, -0.25) is 15.0 Å². The zero-order valence-corrected chi connectivity index (χ0v) is 11.8. The van der Waals surface area contributed by atoms with Crippen LogP contribution in [0.4, 0.5) is 20.6 Å². The second-order valence-electron chi connectivity index (χ2n) is 5.44. The topological polar surface area (TPSA) is 52.7 Å². The van der Waals surface area contributed by atoms with Crippen LogP contribution < -0.4 is 15.1 Å². The number of urea groups is 1. The van der Waals surface area contributed by atoms with E-state index in [0.717, 1.165) is 25.9 Å². The smallest absolute Gasteiger partial charge is 0.328 e. The van der Waals surface area contributed by atoms with Crippen LogP contribution in [0.2, 0.25) is 0 Å². The third-order valence-electron chi connectivity index (χ3n) is 3.99. The molecule has 3 rings (SSSR count). The summed E-state index contributed by atoms with van der Waals surface area (Å²) in [7, 11) is 0. The molecule has 3 amide bonds. The van der Waals surface area contributed by atoms with E-state index in [-0.39, 0.29) is 24.7 Å². The van der Waals surface area contributed by atoms with E-state index in [1.165, 1.54) is 17.4 Å². The summed E-state index contributed by atoms with van der Waals surface area (Å²) in [6.45, 7) is 2.02. The van der Waals surface area contributed by atoms with Gasteiger partial charge in [0, 0.05) is 31.7 Å². The van der Waals surface area contributed by atoms with Crippen molar-refractivity contribution >= 4 is 23.3 Å². The van der Waals surface area contributed by atoms with Crippen LogP contribution >= 0.6 is 0 Å². The van der Waals surface area contributed by atoms with Gasteiger partial charge in [0.15, 0.2) is 0 Å². The summed E-state index contributed by atoms with van der Waals surface area (Å²) in [5.41, 5.74) is 1.07. The fraction of sp³-hybridized carbons (Fsp3) is 0.467. The van der Waals surface area contributed by atoms with Gasteiger partial charge in [-0.25, -0.2) is 9.18 Å². The summed E-state index contributed by atoms with van der Waals surface area (Å²) >= 11 is 0. The second-order valence-corrected chi connectivity index (χ2v) is 5.44. The molecule has 6 heteroatoms. The van der Waals surface area contributed by atoms with Gasteiger partial charge < -0.3 is 4.90 Å². The largest absolute Gasteiger partial charge is 0.369 e. The molecule has 1 N–H and O–H groups in total. The highest BCUT2D eigenvalue weighted by Gasteiger charge is 2.25. The Morgan fingerprint density at radius 3 is 2.48 bits per heavy atom. The van der Waals surface area contributed by atoms with E-state index in [1.807, 2.05) is 4.90 Å². The fourth-order valence-corrected chi connectivity index (χ4v) is 2.87. The molecule has 0 aliphatic carbocycles. The number of benzene rings is 1. The summed E-state index contributed by atoms with van der Waals surface area (Å²) in [6.07, 6.45) is 3.59. The maximum atomic E-state index is 14.3. The number of amides is 3. The van der Waals surface area contributed by atoms with Crippen LogP contribution in [0.3, 0.4) is 0 Å². The summed E-state index contributed by atoms with van der Waals surface area (Å²) in [5, 5.41) is 2.24. The van der Waals surface area contributed by atoms with Crippen molar-refractivity contribution in [2.75, 3.05) is 29.4 Å². The minimum absolute atomic E-state index is 0.237. The highest BCUT2D eigenvalue weighted by atomic mass is 19.1. The molecule has 1 aromatic rings. The van der Waals surface area contributed by atoms with Crippen molar-refractivity contribution in [3.63, 3.8) is 0 Å². The summed E-state index contributed by atoms with van der Waals surface area (Å²) in [5.74, 6) is -0.610. The first-order valence-corrected chi connectivity index (χ1v) is 7.31. The van der Waals surface area contributed by atoms with E-state index in [9.17, 15) is 14.0 Å². The maximum absolute atomic E-state index is 14.3. The van der Waals surface area contributed by atoms with Crippen LogP contribution in [0, 0.1) is 5.82 Å². The average Bonchev–Trinajstić information content (AvgIpc) is 2.48. The van der Waals surface area contributed by atoms with Gasteiger partial charge in [-0.15, -0.1) is 0 Å². The Labute approximate surface area is 122 Å². The third kappa shape index (κ3) is 2.84. The fourth-order valence-electron chi connectivity index (χ4n) is 2.87. The molecule has 0 spiro atoms. The number of carbonyl (C=O) groups is 2. The number of anilines is 2. The first-order valence-electron chi connectivity index (χ1n) is 7.31. The van der Waals surface area contributed by atoms with Crippen LogP contribution in [-0.4, -0.2) is 31.6 Å². The van der Waals surface area contributed by atoms with Gasteiger partial charge in [0.05, 0.1) is 5.69 Å². The normalized spacial score (nSPS) is 19.7. The van der Waals surface area contributed by atoms with E-state index < -0.39 is 6.03 Å². The molecule has 0 bridgehead atoms. The predicted octanol–water partition coefficient (Wildman–Crippen LogP) is 2.26. The molecule has 2 saturated heterocycles. The molecule has 0 atom stereocenters. The zero-order valence-electron chi connectivity index (χ0n) is 11.8. The molecule has 0 saturated carbocycles. The summed E-state index contributed by atoms with van der Waals surface area (Å²) in [6, 6.07) is 4.35. The van der Waals surface area contributed by atoms with E-state index >= 15 is 0 Å². The lowest BCUT2D eigenvalue weighted by molar-refractivity contribution is -0.120. The SMILES string of the molecule is O=C1CCN(c2ccc(N3CCCCC3)c(F)c2)C(=O)N1. The molecule has 112 valence electrons. The maximum Gasteiger partial charge on any atom is 0.328 e. The lowest BCUT2D eigenvalue weighted by Crippen LogP contribution is -2.49. The number of hydrogen-bond donors (Lipinski definition) is 1. The predicted molar refractivity (Wildman–Crippen MR) is 78.0 cm³/mol. The van der Waals surface area contributed by atoms with Crippen LogP contribution in [0.1, 0.15) is 25.7 Å². The number of nitrogens with one attached hydrogen (secondary N) is 1. The third-order valence-corrected chi connectivity index (χ3v) is 3.99.